The molecule has 1 unspecified atom stereocenters. The largest absolute Gasteiger partial charge is 0.488 e. The zero-order valence-electron chi connectivity index (χ0n) is 16.8. The van der Waals surface area contributed by atoms with Gasteiger partial charge < -0.3 is 15.0 Å². The van der Waals surface area contributed by atoms with Gasteiger partial charge in [0.25, 0.3) is 0 Å². The second-order valence-corrected chi connectivity index (χ2v) is 8.14. The van der Waals surface area contributed by atoms with E-state index in [1.54, 1.807) is 24.3 Å². The lowest BCUT2D eigenvalue weighted by atomic mass is 9.78. The number of nitriles is 1. The molecule has 4 rings (SSSR count). The van der Waals surface area contributed by atoms with Crippen LogP contribution in [-0.4, -0.2) is 33.6 Å². The first kappa shape index (κ1) is 21.6. The number of thioether (sulfide) groups is 1. The molecule has 0 spiro atoms. The monoisotopic (exact) mass is 443 g/mol. The van der Waals surface area contributed by atoms with E-state index < -0.39 is 13.0 Å². The summed E-state index contributed by atoms with van der Waals surface area (Å²) in [6.45, 7) is -0.321. The molecular weight excluding hydrogens is 425 g/mol. The van der Waals surface area contributed by atoms with E-state index in [4.69, 9.17) is 5.26 Å². The molecule has 0 amide bonds. The normalized spacial score (nSPS) is 11.8. The molecule has 3 aromatic carbocycles. The molecule has 158 valence electrons. The first-order chi connectivity index (χ1) is 15.5. The number of aromatic amines is 1. The molecule has 0 saturated carbocycles. The van der Waals surface area contributed by atoms with Gasteiger partial charge >= 0.3 is 7.12 Å². The Kier molecular flexibility index (Phi) is 6.28. The minimum absolute atomic E-state index is 0.318. The minimum Gasteiger partial charge on any atom is -0.423 e. The zero-order valence-corrected chi connectivity index (χ0v) is 17.6. The number of rotatable bonds is 7. The molecule has 4 aromatic rings. The quantitative estimate of drug-likeness (QED) is 0.132. The summed E-state index contributed by atoms with van der Waals surface area (Å²) in [6.07, 6.45) is 0. The fourth-order valence-electron chi connectivity index (χ4n) is 3.91. The van der Waals surface area contributed by atoms with Gasteiger partial charge in [-0.15, -0.1) is 0 Å². The third-order valence-electron chi connectivity index (χ3n) is 5.37. The maximum Gasteiger partial charge on any atom is 0.488 e. The molecule has 1 aromatic heterocycles. The topological polar surface area (TPSA) is 123 Å². The van der Waals surface area contributed by atoms with E-state index in [1.807, 2.05) is 53.9 Å². The Hall–Kier alpha value is -3.58. The van der Waals surface area contributed by atoms with Crippen molar-refractivity contribution in [2.75, 3.05) is 6.54 Å². The van der Waals surface area contributed by atoms with Crippen LogP contribution in [-0.2, 0) is 0 Å². The Morgan fingerprint density at radius 2 is 1.75 bits per heavy atom. The number of thiocyanates is 1. The van der Waals surface area contributed by atoms with E-state index >= 15 is 0 Å². The third kappa shape index (κ3) is 4.38. The highest BCUT2D eigenvalue weighted by Gasteiger charge is 2.28. The van der Waals surface area contributed by atoms with Crippen molar-refractivity contribution in [2.24, 2.45) is 0 Å². The average Bonchev–Trinajstić information content (AvgIpc) is 3.17. The lowest BCUT2D eigenvalue weighted by Crippen LogP contribution is -2.29. The molecule has 0 aliphatic carbocycles. The average molecular weight is 443 g/mol. The predicted molar refractivity (Wildman–Crippen MR) is 125 cm³/mol. The van der Waals surface area contributed by atoms with Crippen LogP contribution >= 0.6 is 11.8 Å². The summed E-state index contributed by atoms with van der Waals surface area (Å²) in [5.74, 6) is -0.561. The first-order valence-corrected chi connectivity index (χ1v) is 10.6. The molecule has 0 aliphatic rings. The van der Waals surface area contributed by atoms with Gasteiger partial charge in [-0.1, -0.05) is 54.6 Å². The lowest BCUT2D eigenvalue weighted by molar-refractivity contribution is -0.481. The summed E-state index contributed by atoms with van der Waals surface area (Å²) in [6, 6.07) is 21.7. The number of aromatic nitrogens is 1. The number of hydrogen-bond acceptors (Lipinski definition) is 6. The Morgan fingerprint density at radius 3 is 2.38 bits per heavy atom. The molecule has 0 radical (unpaired) electrons. The maximum atomic E-state index is 11.6. The number of para-hydroxylation sites is 1. The lowest BCUT2D eigenvalue weighted by Gasteiger charge is -2.16. The number of hydrogen-bond donors (Lipinski definition) is 3. The van der Waals surface area contributed by atoms with E-state index in [-0.39, 0.29) is 11.5 Å². The van der Waals surface area contributed by atoms with Crippen LogP contribution in [0.3, 0.4) is 0 Å². The van der Waals surface area contributed by atoms with Crippen molar-refractivity contribution in [2.45, 2.75) is 10.8 Å². The number of H-pyrrole nitrogens is 1. The molecule has 1 heterocycles. The maximum absolute atomic E-state index is 11.6. The smallest absolute Gasteiger partial charge is 0.423 e. The van der Waals surface area contributed by atoms with Crippen molar-refractivity contribution in [1.29, 1.82) is 5.26 Å². The Morgan fingerprint density at radius 1 is 1.06 bits per heavy atom. The fraction of sp³-hybridized carbons (Fsp3) is 0.0870. The molecule has 0 saturated heterocycles. The van der Waals surface area contributed by atoms with E-state index in [1.165, 1.54) is 0 Å². The van der Waals surface area contributed by atoms with Gasteiger partial charge in [0.2, 0.25) is 6.54 Å². The van der Waals surface area contributed by atoms with Gasteiger partial charge in [-0.3, -0.25) is 10.1 Å². The molecule has 7 nitrogen and oxygen atoms in total. The van der Waals surface area contributed by atoms with Gasteiger partial charge in [-0.05, 0) is 52.1 Å². The first-order valence-electron chi connectivity index (χ1n) is 9.82. The van der Waals surface area contributed by atoms with E-state index in [9.17, 15) is 20.2 Å². The second-order valence-electron chi connectivity index (χ2n) is 7.29. The van der Waals surface area contributed by atoms with Gasteiger partial charge in [0.1, 0.15) is 5.40 Å². The standard InChI is InChI=1S/C23H18BN3O4S/c25-14-32-18-11-7-16(8-12-18)23-22(19-3-1-2-4-21(19)26-23)20(13-27(30)31)15-5-9-17(10-6-15)24(28)29/h1-12,20,26,28-29H,13H2. The molecule has 0 aliphatic heterocycles. The van der Waals surface area contributed by atoms with Gasteiger partial charge in [0, 0.05) is 20.7 Å². The van der Waals surface area contributed by atoms with Crippen molar-refractivity contribution in [3.63, 3.8) is 0 Å². The minimum atomic E-state index is -1.61. The Labute approximate surface area is 188 Å². The molecule has 0 fully saturated rings. The van der Waals surface area contributed by atoms with Crippen LogP contribution in [0.15, 0.2) is 77.7 Å². The van der Waals surface area contributed by atoms with Crippen molar-refractivity contribution in [3.05, 3.63) is 94.0 Å². The molecule has 32 heavy (non-hydrogen) atoms. The summed E-state index contributed by atoms with van der Waals surface area (Å²) >= 11 is 1.07. The Bertz CT molecular complexity index is 1300. The van der Waals surface area contributed by atoms with E-state index in [2.05, 4.69) is 4.98 Å². The number of benzene rings is 3. The van der Waals surface area contributed by atoms with Crippen molar-refractivity contribution in [3.8, 4) is 16.7 Å². The summed E-state index contributed by atoms with van der Waals surface area (Å²) in [5, 5.41) is 42.3. The zero-order chi connectivity index (χ0) is 22.7. The summed E-state index contributed by atoms with van der Waals surface area (Å²) < 4.78 is 0. The van der Waals surface area contributed by atoms with E-state index in [0.717, 1.165) is 44.4 Å². The van der Waals surface area contributed by atoms with Crippen LogP contribution in [0.1, 0.15) is 17.0 Å². The highest BCUT2D eigenvalue weighted by atomic mass is 32.2. The third-order valence-corrected chi connectivity index (χ3v) is 5.97. The number of fused-ring (bicyclic) bond motifs is 1. The molecule has 1 atom stereocenters. The summed E-state index contributed by atoms with van der Waals surface area (Å²) in [7, 11) is -1.61. The summed E-state index contributed by atoms with van der Waals surface area (Å²) in [5.41, 5.74) is 4.32. The fourth-order valence-corrected chi connectivity index (χ4v) is 4.29. The highest BCUT2D eigenvalue weighted by Crippen LogP contribution is 2.39. The van der Waals surface area contributed by atoms with E-state index in [0.29, 0.717) is 11.0 Å². The summed E-state index contributed by atoms with van der Waals surface area (Å²) in [4.78, 5) is 15.5. The number of nitrogens with one attached hydrogen (secondary N) is 1. The van der Waals surface area contributed by atoms with Crippen LogP contribution in [0.2, 0.25) is 0 Å². The molecule has 9 heteroatoms. The van der Waals surface area contributed by atoms with Gasteiger partial charge in [0.05, 0.1) is 11.6 Å². The van der Waals surface area contributed by atoms with Crippen molar-refractivity contribution >= 4 is 35.2 Å². The van der Waals surface area contributed by atoms with Crippen LogP contribution in [0.25, 0.3) is 22.2 Å². The number of nitrogens with zero attached hydrogens (tertiary/aromatic N) is 2. The van der Waals surface area contributed by atoms with Crippen LogP contribution in [0.4, 0.5) is 0 Å². The van der Waals surface area contributed by atoms with Crippen molar-refractivity contribution in [1.82, 2.24) is 4.98 Å². The van der Waals surface area contributed by atoms with Crippen LogP contribution in [0.5, 0.6) is 0 Å². The van der Waals surface area contributed by atoms with Gasteiger partial charge in [-0.25, -0.2) is 0 Å². The van der Waals surface area contributed by atoms with Crippen LogP contribution in [0, 0.1) is 20.8 Å². The number of nitro groups is 1. The van der Waals surface area contributed by atoms with Crippen molar-refractivity contribution < 1.29 is 15.0 Å². The van der Waals surface area contributed by atoms with Gasteiger partial charge in [-0.2, -0.15) is 5.26 Å². The Balaban J connectivity index is 1.90. The SMILES string of the molecule is N#CSc1ccc(-c2[nH]c3ccccc3c2C(C[N+](=O)[O-])c2ccc(B(O)O)cc2)cc1. The molecule has 0 bridgehead atoms. The molecule has 3 N–H and O–H groups in total. The predicted octanol–water partition coefficient (Wildman–Crippen LogP) is 3.50. The second kappa shape index (κ2) is 9.28. The van der Waals surface area contributed by atoms with Gasteiger partial charge in [0.15, 0.2) is 0 Å². The highest BCUT2D eigenvalue weighted by molar-refractivity contribution is 8.03. The molecular formula is C23H18BN3O4S. The van der Waals surface area contributed by atoms with Crippen LogP contribution < -0.4 is 5.46 Å².